The van der Waals surface area contributed by atoms with Gasteiger partial charge in [-0.1, -0.05) is 13.8 Å². The molecule has 0 bridgehead atoms. The van der Waals surface area contributed by atoms with Gasteiger partial charge in [0, 0.05) is 43.9 Å². The van der Waals surface area contributed by atoms with E-state index in [-0.39, 0.29) is 17.8 Å². The number of hydrogen-bond donors (Lipinski definition) is 2. The van der Waals surface area contributed by atoms with Crippen LogP contribution in [0.15, 0.2) is 27.2 Å². The summed E-state index contributed by atoms with van der Waals surface area (Å²) in [6.07, 6.45) is 1.96. The molecule has 0 saturated carbocycles. The van der Waals surface area contributed by atoms with E-state index in [4.69, 9.17) is 5.73 Å². The first kappa shape index (κ1) is 16.3. The highest BCUT2D eigenvalue weighted by Crippen LogP contribution is 2.22. The summed E-state index contributed by atoms with van der Waals surface area (Å²) >= 11 is 0. The number of nitrogens with two attached hydrogens (primary N) is 1. The second-order valence-electron chi connectivity index (χ2n) is 5.83. The minimum Gasteiger partial charge on any atom is -0.368 e. The number of guanidine groups is 1. The predicted octanol–water partition coefficient (Wildman–Crippen LogP) is 2.17. The third-order valence-corrected chi connectivity index (χ3v) is 4.21. The van der Waals surface area contributed by atoms with E-state index >= 15 is 0 Å². The molecule has 0 aliphatic carbocycles. The Labute approximate surface area is 132 Å². The van der Waals surface area contributed by atoms with Crippen LogP contribution in [0.5, 0.6) is 0 Å². The lowest BCUT2D eigenvalue weighted by atomic mass is 9.93. The number of hydrogen-bond acceptors (Lipinski definition) is 4. The Morgan fingerprint density at radius 3 is 2.64 bits per heavy atom. The molecular weight excluding hydrogens is 276 g/mol. The molecule has 1 aromatic rings. The fourth-order valence-electron chi connectivity index (χ4n) is 2.68. The third-order valence-electron chi connectivity index (χ3n) is 4.21. The molecule has 120 valence electrons. The van der Waals surface area contributed by atoms with Gasteiger partial charge in [-0.3, -0.25) is 4.99 Å². The van der Waals surface area contributed by atoms with Gasteiger partial charge in [0.2, 0.25) is 5.96 Å². The molecule has 2 rings (SSSR count). The van der Waals surface area contributed by atoms with Crippen LogP contribution >= 0.6 is 0 Å². The second-order valence-corrected chi connectivity index (χ2v) is 5.83. The molecule has 1 aliphatic rings. The minimum atomic E-state index is 0.189. The van der Waals surface area contributed by atoms with Crippen molar-refractivity contribution in [2.24, 2.45) is 32.5 Å². The number of amidine groups is 2. The number of aromatic nitrogens is 1. The Hall–Kier alpha value is -2.11. The molecule has 1 aromatic heterocycles. The summed E-state index contributed by atoms with van der Waals surface area (Å²) in [7, 11) is 2.05. The quantitative estimate of drug-likeness (QED) is 0.897. The molecule has 6 heteroatoms. The highest BCUT2D eigenvalue weighted by molar-refractivity contribution is 6.06. The number of nitrogens with zero attached hydrogens (tertiary/aromatic N) is 4. The lowest BCUT2D eigenvalue weighted by Gasteiger charge is -2.27. The first-order valence-corrected chi connectivity index (χ1v) is 7.75. The van der Waals surface area contributed by atoms with E-state index in [9.17, 15) is 0 Å². The zero-order chi connectivity index (χ0) is 16.3. The molecule has 22 heavy (non-hydrogen) atoms. The van der Waals surface area contributed by atoms with Gasteiger partial charge in [0.15, 0.2) is 0 Å². The first-order chi connectivity index (χ1) is 10.4. The normalized spacial score (nSPS) is 24.0. The Bertz CT molecular complexity index is 610. The molecule has 0 saturated heterocycles. The smallest absolute Gasteiger partial charge is 0.223 e. The maximum atomic E-state index is 5.96. The first-order valence-electron chi connectivity index (χ1n) is 7.75. The van der Waals surface area contributed by atoms with Gasteiger partial charge in [-0.15, -0.1) is 0 Å². The van der Waals surface area contributed by atoms with Crippen LogP contribution in [0.3, 0.4) is 0 Å². The average molecular weight is 302 g/mol. The molecule has 1 aliphatic heterocycles. The topological polar surface area (TPSA) is 82.1 Å². The molecule has 6 nitrogen and oxygen atoms in total. The highest BCUT2D eigenvalue weighted by Gasteiger charge is 2.28. The summed E-state index contributed by atoms with van der Waals surface area (Å²) in [5.74, 6) is 2.43. The van der Waals surface area contributed by atoms with Crippen molar-refractivity contribution in [3.63, 3.8) is 0 Å². The van der Waals surface area contributed by atoms with Crippen LogP contribution in [0.1, 0.15) is 32.0 Å². The van der Waals surface area contributed by atoms with E-state index < -0.39 is 0 Å². The van der Waals surface area contributed by atoms with Crippen LogP contribution in [-0.4, -0.2) is 41.1 Å². The van der Waals surface area contributed by atoms with Gasteiger partial charge in [-0.2, -0.15) is 9.98 Å². The Morgan fingerprint density at radius 1 is 1.32 bits per heavy atom. The van der Waals surface area contributed by atoms with Gasteiger partial charge in [-0.25, -0.2) is 0 Å². The summed E-state index contributed by atoms with van der Waals surface area (Å²) in [4.78, 5) is 18.7. The number of aryl methyl sites for hydroxylation is 1. The summed E-state index contributed by atoms with van der Waals surface area (Å²) < 4.78 is 0. The van der Waals surface area contributed by atoms with Crippen molar-refractivity contribution in [2.45, 2.75) is 34.2 Å². The largest absolute Gasteiger partial charge is 0.368 e. The van der Waals surface area contributed by atoms with Crippen LogP contribution in [-0.2, 0) is 6.54 Å². The van der Waals surface area contributed by atoms with Crippen molar-refractivity contribution in [2.75, 3.05) is 13.6 Å². The number of H-pyrrole nitrogens is 1. The van der Waals surface area contributed by atoms with E-state index in [0.29, 0.717) is 6.54 Å². The zero-order valence-corrected chi connectivity index (χ0v) is 14.1. The lowest BCUT2D eigenvalue weighted by Crippen LogP contribution is -2.36. The summed E-state index contributed by atoms with van der Waals surface area (Å²) in [5, 5.41) is 0. The predicted molar refractivity (Wildman–Crippen MR) is 92.4 cm³/mol. The number of aliphatic imine (C=N–C) groups is 3. The van der Waals surface area contributed by atoms with Crippen molar-refractivity contribution < 1.29 is 0 Å². The van der Waals surface area contributed by atoms with Crippen molar-refractivity contribution in [3.8, 4) is 0 Å². The fraction of sp³-hybridized carbons (Fsp3) is 0.562. The monoisotopic (exact) mass is 302 g/mol. The van der Waals surface area contributed by atoms with Crippen molar-refractivity contribution in [1.29, 1.82) is 0 Å². The van der Waals surface area contributed by atoms with Gasteiger partial charge >= 0.3 is 0 Å². The second kappa shape index (κ2) is 6.77. The zero-order valence-electron chi connectivity index (χ0n) is 14.1. The molecule has 3 N–H and O–H groups in total. The Kier molecular flexibility index (Phi) is 5.00. The van der Waals surface area contributed by atoms with Crippen LogP contribution in [0.25, 0.3) is 0 Å². The summed E-state index contributed by atoms with van der Waals surface area (Å²) in [6.45, 7) is 9.86. The molecule has 2 heterocycles. The Balaban J connectivity index is 2.25. The molecule has 2 atom stereocenters. The molecule has 2 unspecified atom stereocenters. The van der Waals surface area contributed by atoms with Crippen LogP contribution < -0.4 is 5.73 Å². The molecule has 0 spiro atoms. The van der Waals surface area contributed by atoms with Crippen molar-refractivity contribution >= 4 is 17.6 Å². The van der Waals surface area contributed by atoms with E-state index in [1.165, 1.54) is 11.3 Å². The van der Waals surface area contributed by atoms with E-state index in [1.54, 1.807) is 0 Å². The lowest BCUT2D eigenvalue weighted by molar-refractivity contribution is 0.447. The standard InChI is InChI=1S/C16H26N6/c1-6-18-14-10(2)11(3)15(21-16(17)20-14)22(5)9-13-7-8-19-12(13)4/h7-8,10-11,19H,6,9H2,1-5H3,(H2,17,18,20). The maximum absolute atomic E-state index is 5.96. The SMILES string of the molecule is CCN=C1N=C(N)N=C(N(C)Cc2cc[nH]c2C)C(C)C1C. The molecule has 0 radical (unpaired) electrons. The van der Waals surface area contributed by atoms with Crippen molar-refractivity contribution in [3.05, 3.63) is 23.5 Å². The third kappa shape index (κ3) is 3.37. The Morgan fingerprint density at radius 2 is 2.05 bits per heavy atom. The highest BCUT2D eigenvalue weighted by atomic mass is 15.2. The summed E-state index contributed by atoms with van der Waals surface area (Å²) in [6, 6.07) is 2.10. The van der Waals surface area contributed by atoms with Crippen LogP contribution in [0.4, 0.5) is 0 Å². The molecule has 0 amide bonds. The van der Waals surface area contributed by atoms with Gasteiger partial charge in [-0.05, 0) is 25.5 Å². The summed E-state index contributed by atoms with van der Waals surface area (Å²) in [5.41, 5.74) is 8.39. The molecule has 0 fully saturated rings. The minimum absolute atomic E-state index is 0.189. The average Bonchev–Trinajstić information content (AvgIpc) is 2.83. The molecule has 0 aromatic carbocycles. The van der Waals surface area contributed by atoms with Crippen LogP contribution in [0, 0.1) is 18.8 Å². The van der Waals surface area contributed by atoms with E-state index in [0.717, 1.165) is 18.2 Å². The van der Waals surface area contributed by atoms with E-state index in [2.05, 4.69) is 51.7 Å². The van der Waals surface area contributed by atoms with Gasteiger partial charge < -0.3 is 15.6 Å². The molecular formula is C16H26N6. The van der Waals surface area contributed by atoms with E-state index in [1.807, 2.05) is 20.2 Å². The number of rotatable bonds is 3. The fourth-order valence-corrected chi connectivity index (χ4v) is 2.68. The van der Waals surface area contributed by atoms with Gasteiger partial charge in [0.05, 0.1) is 0 Å². The number of nitrogens with one attached hydrogen (secondary N) is 1. The van der Waals surface area contributed by atoms with Gasteiger partial charge in [0.25, 0.3) is 0 Å². The van der Waals surface area contributed by atoms with Crippen molar-refractivity contribution in [1.82, 2.24) is 9.88 Å². The maximum Gasteiger partial charge on any atom is 0.223 e. The van der Waals surface area contributed by atoms with Crippen LogP contribution in [0.2, 0.25) is 0 Å². The number of aromatic amines is 1. The van der Waals surface area contributed by atoms with Gasteiger partial charge in [0.1, 0.15) is 11.7 Å².